The van der Waals surface area contributed by atoms with Gasteiger partial charge in [0.1, 0.15) is 0 Å². The molecule has 26 heavy (non-hydrogen) atoms. The van der Waals surface area contributed by atoms with Crippen molar-refractivity contribution >= 4 is 5.91 Å². The lowest BCUT2D eigenvalue weighted by Gasteiger charge is -2.11. The largest absolute Gasteiger partial charge is 0.490 e. The Bertz CT molecular complexity index is 852. The summed E-state index contributed by atoms with van der Waals surface area (Å²) in [5, 5.41) is 2.83. The highest BCUT2D eigenvalue weighted by molar-refractivity contribution is 5.93. The number of para-hydroxylation sites is 2. The van der Waals surface area contributed by atoms with Crippen LogP contribution in [0.2, 0.25) is 0 Å². The Balaban J connectivity index is 1.59. The van der Waals surface area contributed by atoms with E-state index in [0.717, 1.165) is 5.56 Å². The molecule has 0 unspecified atom stereocenters. The van der Waals surface area contributed by atoms with Gasteiger partial charge in [0, 0.05) is 31.2 Å². The minimum Gasteiger partial charge on any atom is -0.490 e. The summed E-state index contributed by atoms with van der Waals surface area (Å²) in [6.45, 7) is 2.85. The number of nitrogens with one attached hydrogen (secondary N) is 1. The van der Waals surface area contributed by atoms with Crippen LogP contribution in [0.5, 0.6) is 17.4 Å². The van der Waals surface area contributed by atoms with E-state index in [-0.39, 0.29) is 5.91 Å². The molecule has 1 amide bonds. The fourth-order valence-corrected chi connectivity index (χ4v) is 2.28. The molecule has 0 bridgehead atoms. The van der Waals surface area contributed by atoms with Crippen molar-refractivity contribution < 1.29 is 14.3 Å². The van der Waals surface area contributed by atoms with E-state index in [4.69, 9.17) is 9.47 Å². The van der Waals surface area contributed by atoms with E-state index < -0.39 is 0 Å². The zero-order valence-electron chi connectivity index (χ0n) is 14.4. The third-order valence-electron chi connectivity index (χ3n) is 3.54. The summed E-state index contributed by atoms with van der Waals surface area (Å²) in [5.74, 6) is 1.56. The first-order chi connectivity index (χ1) is 12.8. The summed E-state index contributed by atoms with van der Waals surface area (Å²) in [4.78, 5) is 20.2. The van der Waals surface area contributed by atoms with E-state index in [2.05, 4.69) is 15.3 Å². The molecule has 0 saturated heterocycles. The predicted molar refractivity (Wildman–Crippen MR) is 97.3 cm³/mol. The molecule has 0 fully saturated rings. The average Bonchev–Trinajstić information content (AvgIpc) is 2.69. The maximum Gasteiger partial charge on any atom is 0.253 e. The molecule has 3 aromatic rings. The van der Waals surface area contributed by atoms with E-state index in [0.29, 0.717) is 36.1 Å². The third kappa shape index (κ3) is 4.57. The number of hydrogen-bond donors (Lipinski definition) is 1. The van der Waals surface area contributed by atoms with E-state index in [1.165, 1.54) is 6.20 Å². The van der Waals surface area contributed by atoms with Crippen LogP contribution in [-0.4, -0.2) is 22.5 Å². The van der Waals surface area contributed by atoms with Crippen molar-refractivity contribution in [2.75, 3.05) is 6.61 Å². The molecule has 3 rings (SSSR count). The molecule has 6 nitrogen and oxygen atoms in total. The Morgan fingerprint density at radius 2 is 1.88 bits per heavy atom. The van der Waals surface area contributed by atoms with Crippen molar-refractivity contribution in [2.24, 2.45) is 0 Å². The average molecular weight is 349 g/mol. The van der Waals surface area contributed by atoms with Crippen LogP contribution in [-0.2, 0) is 6.54 Å². The summed E-state index contributed by atoms with van der Waals surface area (Å²) >= 11 is 0. The second-order valence-electron chi connectivity index (χ2n) is 5.41. The Labute approximate surface area is 151 Å². The lowest BCUT2D eigenvalue weighted by Crippen LogP contribution is -2.22. The molecule has 1 aromatic carbocycles. The van der Waals surface area contributed by atoms with Gasteiger partial charge >= 0.3 is 0 Å². The van der Waals surface area contributed by atoms with Crippen molar-refractivity contribution in [1.82, 2.24) is 15.3 Å². The number of carbonyl (C=O) groups is 1. The van der Waals surface area contributed by atoms with Crippen molar-refractivity contribution in [3.63, 3.8) is 0 Å². The van der Waals surface area contributed by atoms with Gasteiger partial charge in [0.2, 0.25) is 5.88 Å². The van der Waals surface area contributed by atoms with Gasteiger partial charge in [0.25, 0.3) is 5.91 Å². The van der Waals surface area contributed by atoms with Crippen LogP contribution in [0.3, 0.4) is 0 Å². The van der Waals surface area contributed by atoms with Gasteiger partial charge in [-0.1, -0.05) is 18.2 Å². The van der Waals surface area contributed by atoms with Gasteiger partial charge in [-0.3, -0.25) is 9.78 Å². The molecule has 1 N–H and O–H groups in total. The Kier molecular flexibility index (Phi) is 5.77. The highest BCUT2D eigenvalue weighted by Crippen LogP contribution is 2.30. The van der Waals surface area contributed by atoms with Gasteiger partial charge in [-0.15, -0.1) is 0 Å². The van der Waals surface area contributed by atoms with Gasteiger partial charge < -0.3 is 14.8 Å². The lowest BCUT2D eigenvalue weighted by molar-refractivity contribution is 0.0950. The topological polar surface area (TPSA) is 73.3 Å². The number of ether oxygens (including phenoxy) is 2. The Morgan fingerprint density at radius 1 is 1.04 bits per heavy atom. The molecule has 0 aliphatic rings. The molecular formula is C20H19N3O3. The van der Waals surface area contributed by atoms with Crippen LogP contribution >= 0.6 is 0 Å². The molecular weight excluding hydrogens is 330 g/mol. The number of aromatic nitrogens is 2. The molecule has 0 saturated carbocycles. The smallest absolute Gasteiger partial charge is 0.253 e. The lowest BCUT2D eigenvalue weighted by atomic mass is 10.2. The molecule has 0 radical (unpaired) electrons. The second-order valence-corrected chi connectivity index (χ2v) is 5.41. The monoisotopic (exact) mass is 349 g/mol. The number of pyridine rings is 2. The number of nitrogens with zero attached hydrogens (tertiary/aromatic N) is 2. The first kappa shape index (κ1) is 17.4. The van der Waals surface area contributed by atoms with E-state index in [1.54, 1.807) is 30.6 Å². The maximum atomic E-state index is 12.0. The van der Waals surface area contributed by atoms with Crippen LogP contribution in [0.15, 0.2) is 67.1 Å². The minimum absolute atomic E-state index is 0.177. The molecule has 6 heteroatoms. The van der Waals surface area contributed by atoms with Crippen molar-refractivity contribution in [3.8, 4) is 17.4 Å². The number of benzene rings is 1. The highest BCUT2D eigenvalue weighted by Gasteiger charge is 2.07. The van der Waals surface area contributed by atoms with Crippen LogP contribution in [0.4, 0.5) is 0 Å². The SMILES string of the molecule is CCOc1ccccc1Oc1ccc(CNC(=O)c2cccnc2)cn1. The van der Waals surface area contributed by atoms with Crippen molar-refractivity contribution in [2.45, 2.75) is 13.5 Å². The Hall–Kier alpha value is -3.41. The van der Waals surface area contributed by atoms with Crippen molar-refractivity contribution in [3.05, 3.63) is 78.2 Å². The van der Waals surface area contributed by atoms with Gasteiger partial charge in [-0.2, -0.15) is 0 Å². The number of hydrogen-bond acceptors (Lipinski definition) is 5. The summed E-state index contributed by atoms with van der Waals surface area (Å²) in [6.07, 6.45) is 4.83. The molecule has 0 aliphatic carbocycles. The summed E-state index contributed by atoms with van der Waals surface area (Å²) in [6, 6.07) is 14.5. The first-order valence-electron chi connectivity index (χ1n) is 8.29. The molecule has 132 valence electrons. The fourth-order valence-electron chi connectivity index (χ4n) is 2.28. The van der Waals surface area contributed by atoms with Gasteiger partial charge in [0.05, 0.1) is 12.2 Å². The van der Waals surface area contributed by atoms with Gasteiger partial charge in [0.15, 0.2) is 11.5 Å². The molecule has 2 aromatic heterocycles. The summed E-state index contributed by atoms with van der Waals surface area (Å²) in [5.41, 5.74) is 1.39. The van der Waals surface area contributed by atoms with Gasteiger partial charge in [-0.25, -0.2) is 4.98 Å². The zero-order chi connectivity index (χ0) is 18.2. The Morgan fingerprint density at radius 3 is 2.58 bits per heavy atom. The van der Waals surface area contributed by atoms with E-state index in [1.807, 2.05) is 37.3 Å². The third-order valence-corrected chi connectivity index (χ3v) is 3.54. The predicted octanol–water partition coefficient (Wildman–Crippen LogP) is 3.60. The second kappa shape index (κ2) is 8.62. The first-order valence-corrected chi connectivity index (χ1v) is 8.29. The number of carbonyl (C=O) groups excluding carboxylic acids is 1. The van der Waals surface area contributed by atoms with Crippen LogP contribution in [0, 0.1) is 0 Å². The standard InChI is InChI=1S/C20H19N3O3/c1-2-25-17-7-3-4-8-18(17)26-19-10-9-15(12-22-19)13-23-20(24)16-6-5-11-21-14-16/h3-12,14H,2,13H2,1H3,(H,23,24). The van der Waals surface area contributed by atoms with E-state index in [9.17, 15) is 4.79 Å². The highest BCUT2D eigenvalue weighted by atomic mass is 16.5. The van der Waals surface area contributed by atoms with Gasteiger partial charge in [-0.05, 0) is 36.8 Å². The normalized spacial score (nSPS) is 10.2. The van der Waals surface area contributed by atoms with Crippen LogP contribution < -0.4 is 14.8 Å². The molecule has 0 aliphatic heterocycles. The number of rotatable bonds is 7. The maximum absolute atomic E-state index is 12.0. The minimum atomic E-state index is -0.177. The molecule has 0 atom stereocenters. The summed E-state index contributed by atoms with van der Waals surface area (Å²) in [7, 11) is 0. The fraction of sp³-hybridized carbons (Fsp3) is 0.150. The zero-order valence-corrected chi connectivity index (χ0v) is 14.4. The molecule has 0 spiro atoms. The number of amides is 1. The van der Waals surface area contributed by atoms with Crippen molar-refractivity contribution in [1.29, 1.82) is 0 Å². The summed E-state index contributed by atoms with van der Waals surface area (Å²) < 4.78 is 11.3. The quantitative estimate of drug-likeness (QED) is 0.705. The van der Waals surface area contributed by atoms with E-state index >= 15 is 0 Å². The van der Waals surface area contributed by atoms with Crippen LogP contribution in [0.25, 0.3) is 0 Å². The molecule has 2 heterocycles. The van der Waals surface area contributed by atoms with Crippen LogP contribution in [0.1, 0.15) is 22.8 Å².